The Hall–Kier alpha value is -3.74. The molecule has 0 aliphatic heterocycles. The molecule has 0 fully saturated rings. The van der Waals surface area contributed by atoms with E-state index in [1.165, 1.54) is 0 Å². The van der Waals surface area contributed by atoms with Gasteiger partial charge in [0, 0.05) is 17.7 Å². The van der Waals surface area contributed by atoms with Crippen molar-refractivity contribution in [1.82, 2.24) is 15.1 Å². The lowest BCUT2D eigenvalue weighted by Crippen LogP contribution is -2.50. The topological polar surface area (TPSA) is 101 Å². The average Bonchev–Trinajstić information content (AvgIpc) is 3.20. The van der Waals surface area contributed by atoms with Crippen LogP contribution in [0, 0.1) is 20.8 Å². The number of benzene rings is 2. The van der Waals surface area contributed by atoms with Gasteiger partial charge in [-0.1, -0.05) is 57.9 Å². The van der Waals surface area contributed by atoms with E-state index in [0.717, 1.165) is 72.0 Å². The summed E-state index contributed by atoms with van der Waals surface area (Å²) in [4.78, 5) is 36.6. The molecule has 0 aliphatic rings. The highest BCUT2D eigenvalue weighted by molar-refractivity contribution is 5.84. The molecule has 208 valence electrons. The first-order valence-electron chi connectivity index (χ1n) is 13.8. The molecule has 3 aromatic rings. The maximum absolute atomic E-state index is 12.9. The Morgan fingerprint density at radius 1 is 1.13 bits per heavy atom. The van der Waals surface area contributed by atoms with E-state index in [9.17, 15) is 19.5 Å². The van der Waals surface area contributed by atoms with Gasteiger partial charge >= 0.3 is 5.97 Å². The number of unbranched alkanes of at least 4 members (excludes halogenated alkanes) is 1. The number of hydrogen-bond acceptors (Lipinski definition) is 4. The second-order valence-electron chi connectivity index (χ2n) is 10.6. The number of aryl methyl sites for hydroxylation is 2. The van der Waals surface area contributed by atoms with Crippen molar-refractivity contribution >= 4 is 18.7 Å². The number of hydrogen-bond donors (Lipinski definition) is 2. The second-order valence-corrected chi connectivity index (χ2v) is 10.6. The summed E-state index contributed by atoms with van der Waals surface area (Å²) < 4.78 is 1.80. The summed E-state index contributed by atoms with van der Waals surface area (Å²) in [5.41, 5.74) is 5.38. The Morgan fingerprint density at radius 2 is 1.87 bits per heavy atom. The third kappa shape index (κ3) is 6.13. The van der Waals surface area contributed by atoms with Gasteiger partial charge in [-0.05, 0) is 85.9 Å². The van der Waals surface area contributed by atoms with Crippen LogP contribution >= 0.6 is 0 Å². The summed E-state index contributed by atoms with van der Waals surface area (Å²) in [7, 11) is 0. The molecule has 0 saturated carbocycles. The van der Waals surface area contributed by atoms with Gasteiger partial charge in [0.1, 0.15) is 6.29 Å². The molecular formula is C32H41N3O4. The highest BCUT2D eigenvalue weighted by Crippen LogP contribution is 2.33. The lowest BCUT2D eigenvalue weighted by atomic mass is 9.81. The molecule has 0 radical (unpaired) electrons. The van der Waals surface area contributed by atoms with Crippen molar-refractivity contribution in [1.29, 1.82) is 0 Å². The summed E-state index contributed by atoms with van der Waals surface area (Å²) in [6.07, 6.45) is 6.27. The van der Waals surface area contributed by atoms with Crippen molar-refractivity contribution in [3.05, 3.63) is 81.2 Å². The minimum absolute atomic E-state index is 0.0272. The van der Waals surface area contributed by atoms with Crippen LogP contribution in [0.1, 0.15) is 102 Å². The number of carboxylic acids is 1. The van der Waals surface area contributed by atoms with Gasteiger partial charge in [-0.25, -0.2) is 9.48 Å². The van der Waals surface area contributed by atoms with E-state index in [2.05, 4.69) is 32.2 Å². The van der Waals surface area contributed by atoms with E-state index >= 15 is 0 Å². The fraction of sp³-hybridized carbons (Fsp3) is 0.438. The van der Waals surface area contributed by atoms with Gasteiger partial charge in [0.05, 0.1) is 11.4 Å². The number of carbonyl (C=O) groups excluding carboxylic acids is 2. The number of aldehydes is 1. The van der Waals surface area contributed by atoms with Crippen molar-refractivity contribution in [2.45, 2.75) is 91.5 Å². The lowest BCUT2D eigenvalue weighted by molar-refractivity contribution is -0.146. The number of aromatic nitrogens is 2. The van der Waals surface area contributed by atoms with Gasteiger partial charge in [0.2, 0.25) is 6.41 Å². The first kappa shape index (κ1) is 29.8. The van der Waals surface area contributed by atoms with Crippen LogP contribution in [-0.4, -0.2) is 33.6 Å². The highest BCUT2D eigenvalue weighted by Gasteiger charge is 2.42. The third-order valence-electron chi connectivity index (χ3n) is 7.88. The largest absolute Gasteiger partial charge is 0.479 e. The Kier molecular flexibility index (Phi) is 9.84. The summed E-state index contributed by atoms with van der Waals surface area (Å²) in [5, 5.41) is 18.0. The quantitative estimate of drug-likeness (QED) is 0.244. The predicted molar refractivity (Wildman–Crippen MR) is 154 cm³/mol. The maximum atomic E-state index is 12.9. The molecule has 7 nitrogen and oxygen atoms in total. The molecule has 0 saturated heterocycles. The van der Waals surface area contributed by atoms with Crippen LogP contribution in [0.15, 0.2) is 36.4 Å². The zero-order valence-corrected chi connectivity index (χ0v) is 24.0. The Labute approximate surface area is 231 Å². The molecule has 39 heavy (non-hydrogen) atoms. The number of nitrogens with zero attached hydrogens (tertiary/aromatic N) is 2. The summed E-state index contributed by atoms with van der Waals surface area (Å²) in [5.74, 6) is -0.874. The molecule has 1 amide bonds. The minimum Gasteiger partial charge on any atom is -0.479 e. The fourth-order valence-electron chi connectivity index (χ4n) is 5.39. The number of carboxylic acid groups (broad SMARTS) is 1. The molecule has 7 heteroatoms. The molecule has 3 rings (SSSR count). The molecule has 2 aromatic carbocycles. The van der Waals surface area contributed by atoms with E-state index < -0.39 is 11.5 Å². The van der Waals surface area contributed by atoms with Crippen LogP contribution in [0.2, 0.25) is 0 Å². The summed E-state index contributed by atoms with van der Waals surface area (Å²) >= 11 is 0. The molecule has 0 unspecified atom stereocenters. The predicted octanol–water partition coefficient (Wildman–Crippen LogP) is 6.12. The molecule has 0 spiro atoms. The molecule has 1 heterocycles. The fourth-order valence-corrected chi connectivity index (χ4v) is 5.39. The standard InChI is InChI=1S/C32H41N3O4/c1-7-9-12-25-15-27(19-36)22(4)30(16-25)35-24(6)29(23(5)34-35)18-32(31(38)39,33-20-37)28-14-10-13-26(17-28)21(3)11-8-2/h10,13-17,19-21H,7-9,11-12,18H2,1-6H3,(H,33,37)(H,38,39)/t21-,32-/m0/s1. The van der Waals surface area contributed by atoms with Crippen molar-refractivity contribution in [2.24, 2.45) is 0 Å². The normalized spacial score (nSPS) is 13.5. The second kappa shape index (κ2) is 12.9. The van der Waals surface area contributed by atoms with Crippen LogP contribution in [0.4, 0.5) is 0 Å². The monoisotopic (exact) mass is 531 g/mol. The number of rotatable bonds is 14. The molecular weight excluding hydrogens is 490 g/mol. The van der Waals surface area contributed by atoms with Gasteiger partial charge in [-0.15, -0.1) is 0 Å². The number of nitrogens with one attached hydrogen (secondary N) is 1. The smallest absolute Gasteiger partial charge is 0.334 e. The third-order valence-corrected chi connectivity index (χ3v) is 7.88. The number of amides is 1. The van der Waals surface area contributed by atoms with E-state index in [1.54, 1.807) is 10.7 Å². The van der Waals surface area contributed by atoms with Gasteiger partial charge in [-0.3, -0.25) is 9.59 Å². The Balaban J connectivity index is 2.16. The average molecular weight is 532 g/mol. The molecule has 2 atom stereocenters. The van der Waals surface area contributed by atoms with Gasteiger partial charge in [0.15, 0.2) is 5.54 Å². The first-order valence-corrected chi connectivity index (χ1v) is 13.8. The number of carbonyl (C=O) groups is 3. The van der Waals surface area contributed by atoms with Gasteiger partial charge in [-0.2, -0.15) is 5.10 Å². The molecule has 0 aliphatic carbocycles. The van der Waals surface area contributed by atoms with Crippen LogP contribution in [0.25, 0.3) is 5.69 Å². The van der Waals surface area contributed by atoms with E-state index in [0.29, 0.717) is 23.2 Å². The Bertz CT molecular complexity index is 1340. The van der Waals surface area contributed by atoms with E-state index in [1.807, 2.05) is 45.0 Å². The van der Waals surface area contributed by atoms with Crippen LogP contribution < -0.4 is 5.32 Å². The Morgan fingerprint density at radius 3 is 2.49 bits per heavy atom. The van der Waals surface area contributed by atoms with Gasteiger partial charge in [0.25, 0.3) is 0 Å². The van der Waals surface area contributed by atoms with Crippen molar-refractivity contribution in [3.8, 4) is 5.69 Å². The van der Waals surface area contributed by atoms with Crippen LogP contribution in [-0.2, 0) is 28.0 Å². The SMILES string of the molecule is CCCCc1cc(C=O)c(C)c(-n2nc(C)c(C[C@@](NC=O)(C(=O)O)c3cccc([C@@H](C)CCC)c3)c2C)c1. The van der Waals surface area contributed by atoms with E-state index in [4.69, 9.17) is 5.10 Å². The van der Waals surface area contributed by atoms with Crippen molar-refractivity contribution in [3.63, 3.8) is 0 Å². The zero-order chi connectivity index (χ0) is 28.7. The van der Waals surface area contributed by atoms with Crippen LogP contribution in [0.5, 0.6) is 0 Å². The molecule has 0 bridgehead atoms. The van der Waals surface area contributed by atoms with Gasteiger partial charge < -0.3 is 10.4 Å². The lowest BCUT2D eigenvalue weighted by Gasteiger charge is -2.30. The summed E-state index contributed by atoms with van der Waals surface area (Å²) in [6, 6.07) is 11.5. The van der Waals surface area contributed by atoms with Crippen molar-refractivity contribution < 1.29 is 19.5 Å². The summed E-state index contributed by atoms with van der Waals surface area (Å²) in [6.45, 7) is 12.0. The number of aliphatic carboxylic acids is 1. The maximum Gasteiger partial charge on any atom is 0.334 e. The van der Waals surface area contributed by atoms with E-state index in [-0.39, 0.29) is 12.3 Å². The minimum atomic E-state index is -1.67. The first-order chi connectivity index (χ1) is 18.6. The van der Waals surface area contributed by atoms with Crippen LogP contribution in [0.3, 0.4) is 0 Å². The van der Waals surface area contributed by atoms with Crippen molar-refractivity contribution in [2.75, 3.05) is 0 Å². The molecule has 1 aromatic heterocycles. The molecule has 2 N–H and O–H groups in total. The highest BCUT2D eigenvalue weighted by atomic mass is 16.4. The zero-order valence-electron chi connectivity index (χ0n) is 24.0.